The SMILES string of the molecule is NCCCC(=O)O.[Ba+2].[CH2-]C(=O)O. The Balaban J connectivity index is -0.000000142. The van der Waals surface area contributed by atoms with Gasteiger partial charge in [0.15, 0.2) is 5.97 Å². The van der Waals surface area contributed by atoms with E-state index < -0.39 is 11.9 Å². The zero-order valence-corrected chi connectivity index (χ0v) is 11.3. The summed E-state index contributed by atoms with van der Waals surface area (Å²) < 4.78 is 0. The molecular weight excluding hydrogens is 287 g/mol. The van der Waals surface area contributed by atoms with Crippen molar-refractivity contribution < 1.29 is 19.8 Å². The number of carboxylic acids is 2. The van der Waals surface area contributed by atoms with Gasteiger partial charge in [0, 0.05) is 6.42 Å². The third-order valence-electron chi connectivity index (χ3n) is 0.595. The van der Waals surface area contributed by atoms with Gasteiger partial charge in [-0.15, -0.1) is 0 Å². The molecule has 0 aromatic heterocycles. The van der Waals surface area contributed by atoms with Crippen molar-refractivity contribution in [2.24, 2.45) is 5.73 Å². The maximum atomic E-state index is 9.70. The molecule has 0 heterocycles. The quantitative estimate of drug-likeness (QED) is 0.474. The van der Waals surface area contributed by atoms with Crippen molar-refractivity contribution in [2.45, 2.75) is 12.8 Å². The predicted octanol–water partition coefficient (Wildman–Crippen LogP) is -0.666. The smallest absolute Gasteiger partial charge is 0.503 e. The Morgan fingerprint density at radius 2 is 1.67 bits per heavy atom. The second-order valence-corrected chi connectivity index (χ2v) is 1.68. The van der Waals surface area contributed by atoms with Crippen LogP contribution in [0.25, 0.3) is 0 Å². The van der Waals surface area contributed by atoms with Crippen molar-refractivity contribution >= 4 is 60.8 Å². The summed E-state index contributed by atoms with van der Waals surface area (Å²) in [5.74, 6) is -1.86. The van der Waals surface area contributed by atoms with Gasteiger partial charge in [-0.25, -0.2) is 0 Å². The topological polar surface area (TPSA) is 101 Å². The molecule has 0 bridgehead atoms. The maximum absolute atomic E-state index is 9.70. The van der Waals surface area contributed by atoms with Crippen molar-refractivity contribution in [3.63, 3.8) is 0 Å². The summed E-state index contributed by atoms with van der Waals surface area (Å²) in [4.78, 5) is 18.6. The fourth-order valence-corrected chi connectivity index (χ4v) is 0.253. The fraction of sp³-hybridized carbons (Fsp3) is 0.500. The Bertz CT molecular complexity index is 125. The Labute approximate surface area is 111 Å². The number of hydrogen-bond acceptors (Lipinski definition) is 3. The molecule has 0 atom stereocenters. The molecule has 0 aliphatic heterocycles. The molecule has 0 fully saturated rings. The van der Waals surface area contributed by atoms with E-state index in [4.69, 9.17) is 20.7 Å². The Morgan fingerprint density at radius 3 is 1.75 bits per heavy atom. The molecule has 0 aromatic rings. The summed E-state index contributed by atoms with van der Waals surface area (Å²) in [6, 6.07) is 0. The fourth-order valence-electron chi connectivity index (χ4n) is 0.253. The van der Waals surface area contributed by atoms with Crippen LogP contribution in [0.15, 0.2) is 0 Å². The molecule has 0 aliphatic rings. The molecule has 0 saturated heterocycles. The molecule has 0 spiro atoms. The summed E-state index contributed by atoms with van der Waals surface area (Å²) in [6.07, 6.45) is 0.770. The van der Waals surface area contributed by atoms with Crippen LogP contribution in [0.5, 0.6) is 0 Å². The third kappa shape index (κ3) is 47.9. The molecule has 5 nitrogen and oxygen atoms in total. The van der Waals surface area contributed by atoms with Crippen LogP contribution in [0.2, 0.25) is 0 Å². The van der Waals surface area contributed by atoms with E-state index in [0.29, 0.717) is 13.0 Å². The summed E-state index contributed by atoms with van der Waals surface area (Å²) >= 11 is 0. The van der Waals surface area contributed by atoms with Gasteiger partial charge >= 0.3 is 54.9 Å². The van der Waals surface area contributed by atoms with Crippen molar-refractivity contribution in [1.82, 2.24) is 0 Å². The molecular formula is C6H12BaNO4+. The van der Waals surface area contributed by atoms with Crippen LogP contribution >= 0.6 is 0 Å². The molecule has 0 rings (SSSR count). The average Bonchev–Trinajstić information content (AvgIpc) is 1.82. The number of nitrogens with two attached hydrogens (primary N) is 1. The van der Waals surface area contributed by atoms with Gasteiger partial charge in [0.1, 0.15) is 0 Å². The van der Waals surface area contributed by atoms with Gasteiger partial charge in [-0.1, -0.05) is 0 Å². The minimum atomic E-state index is -1.08. The van der Waals surface area contributed by atoms with Crippen molar-refractivity contribution in [3.8, 4) is 0 Å². The van der Waals surface area contributed by atoms with Gasteiger partial charge in [-0.05, 0) is 13.0 Å². The number of rotatable bonds is 3. The maximum Gasteiger partial charge on any atom is 2.00 e. The molecule has 0 saturated carbocycles. The second kappa shape index (κ2) is 13.9. The molecule has 0 aromatic carbocycles. The van der Waals surface area contributed by atoms with Crippen molar-refractivity contribution in [2.75, 3.05) is 6.54 Å². The summed E-state index contributed by atoms with van der Waals surface area (Å²) in [6.45, 7) is 3.02. The Kier molecular flexibility index (Phi) is 21.1. The Morgan fingerprint density at radius 1 is 1.33 bits per heavy atom. The molecule has 66 valence electrons. The first-order valence-electron chi connectivity index (χ1n) is 2.97. The number of carboxylic acid groups (broad SMARTS) is 2. The van der Waals surface area contributed by atoms with Gasteiger partial charge in [-0.3, -0.25) is 16.5 Å². The zero-order chi connectivity index (χ0) is 9.28. The zero-order valence-electron chi connectivity index (χ0n) is 6.82. The summed E-state index contributed by atoms with van der Waals surface area (Å²) in [5.41, 5.74) is 5.01. The number of carbonyl (C=O) groups is 2. The van der Waals surface area contributed by atoms with Gasteiger partial charge in [-0.2, -0.15) is 0 Å². The van der Waals surface area contributed by atoms with E-state index in [1.165, 1.54) is 0 Å². The van der Waals surface area contributed by atoms with E-state index in [1.807, 2.05) is 0 Å². The second-order valence-electron chi connectivity index (χ2n) is 1.68. The van der Waals surface area contributed by atoms with Crippen LogP contribution < -0.4 is 5.73 Å². The van der Waals surface area contributed by atoms with Gasteiger partial charge in [0.25, 0.3) is 0 Å². The molecule has 0 amide bonds. The first-order valence-corrected chi connectivity index (χ1v) is 2.97. The van der Waals surface area contributed by atoms with E-state index in [9.17, 15) is 4.79 Å². The van der Waals surface area contributed by atoms with Crippen molar-refractivity contribution in [1.29, 1.82) is 0 Å². The van der Waals surface area contributed by atoms with Crippen molar-refractivity contribution in [3.05, 3.63) is 6.92 Å². The van der Waals surface area contributed by atoms with Crippen LogP contribution in [-0.2, 0) is 9.59 Å². The van der Waals surface area contributed by atoms with Crippen LogP contribution in [0.4, 0.5) is 0 Å². The molecule has 4 N–H and O–H groups in total. The van der Waals surface area contributed by atoms with E-state index >= 15 is 0 Å². The molecule has 0 aliphatic carbocycles. The molecule has 0 radical (unpaired) electrons. The predicted molar refractivity (Wildman–Crippen MR) is 44.7 cm³/mol. The minimum absolute atomic E-state index is 0. The standard InChI is InChI=1S/C4H9NO2.C2H3O2.Ba/c5-3-1-2-4(6)7;1-2(3)4;/h1-3,5H2,(H,6,7);1H2,(H,3,4);/q;-1;+2. The average molecular weight is 299 g/mol. The van der Waals surface area contributed by atoms with Gasteiger partial charge < -0.3 is 15.9 Å². The van der Waals surface area contributed by atoms with E-state index in [2.05, 4.69) is 6.92 Å². The number of hydrogen-bond donors (Lipinski definition) is 3. The first kappa shape index (κ1) is 18.2. The summed E-state index contributed by atoms with van der Waals surface area (Å²) in [7, 11) is 0. The molecule has 0 unspecified atom stereocenters. The number of aliphatic carboxylic acids is 2. The van der Waals surface area contributed by atoms with Gasteiger partial charge in [0.05, 0.1) is 0 Å². The van der Waals surface area contributed by atoms with Crippen LogP contribution in [0.1, 0.15) is 12.8 Å². The molecule has 12 heavy (non-hydrogen) atoms. The largest absolute Gasteiger partial charge is 2.00 e. The van der Waals surface area contributed by atoms with Gasteiger partial charge in [0.2, 0.25) is 0 Å². The summed E-state index contributed by atoms with van der Waals surface area (Å²) in [5, 5.41) is 15.3. The normalized spacial score (nSPS) is 7.08. The van der Waals surface area contributed by atoms with E-state index in [1.54, 1.807) is 0 Å². The minimum Gasteiger partial charge on any atom is -0.503 e. The third-order valence-corrected chi connectivity index (χ3v) is 0.595. The van der Waals surface area contributed by atoms with Crippen LogP contribution in [0, 0.1) is 6.92 Å². The van der Waals surface area contributed by atoms with E-state index in [0.717, 1.165) is 0 Å². The molecule has 6 heteroatoms. The van der Waals surface area contributed by atoms with Crippen LogP contribution in [0.3, 0.4) is 0 Å². The van der Waals surface area contributed by atoms with Crippen LogP contribution in [-0.4, -0.2) is 77.6 Å². The monoisotopic (exact) mass is 300 g/mol. The first-order chi connectivity index (χ1) is 5.00. The Hall–Kier alpha value is 0.341. The van der Waals surface area contributed by atoms with E-state index in [-0.39, 0.29) is 55.3 Å².